The number of carboxylic acid groups (broad SMARTS) is 1. The summed E-state index contributed by atoms with van der Waals surface area (Å²) in [5.74, 6) is -0.861. The Bertz CT molecular complexity index is 555. The number of hydrogen-bond donors (Lipinski definition) is 1. The zero-order valence-electron chi connectivity index (χ0n) is 11.1. The van der Waals surface area contributed by atoms with E-state index < -0.39 is 22.5 Å². The van der Waals surface area contributed by atoms with Crippen molar-refractivity contribution >= 4 is 16.0 Å². The number of aliphatic carboxylic acids is 1. The van der Waals surface area contributed by atoms with Crippen LogP contribution in [0.4, 0.5) is 0 Å². The molecule has 20 heavy (non-hydrogen) atoms. The molecule has 1 aromatic heterocycles. The molecule has 0 aromatic carbocycles. The highest BCUT2D eigenvalue weighted by molar-refractivity contribution is 7.89. The standard InChI is InChI=1S/C13H18N2O4S/c16-13(17)10-15(9-12-1-2-12)20(18,19)8-5-11-3-6-14-7-4-11/h3-4,6-7,12H,1-2,5,8-10H2,(H,16,17). The van der Waals surface area contributed by atoms with Gasteiger partial charge in [0.25, 0.3) is 0 Å². The summed E-state index contributed by atoms with van der Waals surface area (Å²) < 4.78 is 25.6. The molecule has 2 rings (SSSR count). The van der Waals surface area contributed by atoms with Crippen molar-refractivity contribution in [3.63, 3.8) is 0 Å². The van der Waals surface area contributed by atoms with Gasteiger partial charge in [-0.3, -0.25) is 9.78 Å². The van der Waals surface area contributed by atoms with E-state index in [0.29, 0.717) is 18.9 Å². The number of carboxylic acids is 1. The minimum absolute atomic E-state index is 0.0724. The van der Waals surface area contributed by atoms with Crippen molar-refractivity contribution in [3.8, 4) is 0 Å². The largest absolute Gasteiger partial charge is 0.480 e. The Hall–Kier alpha value is -1.47. The Balaban J connectivity index is 1.99. The van der Waals surface area contributed by atoms with E-state index in [1.165, 1.54) is 0 Å². The first-order chi connectivity index (χ1) is 9.47. The third kappa shape index (κ3) is 4.57. The van der Waals surface area contributed by atoms with Crippen LogP contribution in [-0.2, 0) is 21.2 Å². The molecule has 1 heterocycles. The minimum Gasteiger partial charge on any atom is -0.480 e. The zero-order valence-corrected chi connectivity index (χ0v) is 11.9. The van der Waals surface area contributed by atoms with Crippen LogP contribution in [0.2, 0.25) is 0 Å². The van der Waals surface area contributed by atoms with Crippen LogP contribution in [0.1, 0.15) is 18.4 Å². The predicted octanol–water partition coefficient (Wildman–Crippen LogP) is 0.750. The number of aromatic nitrogens is 1. The molecule has 0 bridgehead atoms. The van der Waals surface area contributed by atoms with Crippen LogP contribution in [0.25, 0.3) is 0 Å². The smallest absolute Gasteiger partial charge is 0.318 e. The molecule has 1 N–H and O–H groups in total. The summed E-state index contributed by atoms with van der Waals surface area (Å²) in [5.41, 5.74) is 0.880. The van der Waals surface area contributed by atoms with Crippen molar-refractivity contribution < 1.29 is 18.3 Å². The van der Waals surface area contributed by atoms with Gasteiger partial charge in [-0.05, 0) is 42.9 Å². The van der Waals surface area contributed by atoms with Gasteiger partial charge in [0.1, 0.15) is 6.54 Å². The number of hydrogen-bond acceptors (Lipinski definition) is 4. The van der Waals surface area contributed by atoms with E-state index in [1.54, 1.807) is 24.5 Å². The van der Waals surface area contributed by atoms with Crippen molar-refractivity contribution in [1.82, 2.24) is 9.29 Å². The van der Waals surface area contributed by atoms with E-state index >= 15 is 0 Å². The average molecular weight is 298 g/mol. The second kappa shape index (κ2) is 6.32. The Morgan fingerprint density at radius 2 is 2.00 bits per heavy atom. The number of rotatable bonds is 8. The molecule has 0 saturated heterocycles. The summed E-state index contributed by atoms with van der Waals surface area (Å²) in [6, 6.07) is 3.52. The van der Waals surface area contributed by atoms with Crippen LogP contribution in [0.5, 0.6) is 0 Å². The number of sulfonamides is 1. The first kappa shape index (κ1) is 14.9. The fourth-order valence-electron chi connectivity index (χ4n) is 1.94. The lowest BCUT2D eigenvalue weighted by Crippen LogP contribution is -2.39. The summed E-state index contributed by atoms with van der Waals surface area (Å²) in [6.07, 6.45) is 5.56. The topological polar surface area (TPSA) is 87.6 Å². The van der Waals surface area contributed by atoms with Gasteiger partial charge in [0.05, 0.1) is 5.75 Å². The molecular weight excluding hydrogens is 280 g/mol. The zero-order chi connectivity index (χ0) is 14.6. The van der Waals surface area contributed by atoms with Crippen LogP contribution in [-0.4, -0.2) is 47.6 Å². The van der Waals surface area contributed by atoms with Gasteiger partial charge in [-0.2, -0.15) is 4.31 Å². The first-order valence-corrected chi connectivity index (χ1v) is 8.17. The SMILES string of the molecule is O=C(O)CN(CC1CC1)S(=O)(=O)CCc1ccncc1. The van der Waals surface area contributed by atoms with Crippen molar-refractivity contribution in [2.75, 3.05) is 18.8 Å². The maximum Gasteiger partial charge on any atom is 0.318 e. The van der Waals surface area contributed by atoms with E-state index in [-0.39, 0.29) is 5.75 Å². The summed E-state index contributed by atoms with van der Waals surface area (Å²) >= 11 is 0. The molecule has 1 aromatic rings. The molecule has 0 radical (unpaired) electrons. The normalized spacial score (nSPS) is 15.4. The third-order valence-electron chi connectivity index (χ3n) is 3.26. The minimum atomic E-state index is -3.54. The second-order valence-corrected chi connectivity index (χ2v) is 7.14. The van der Waals surface area contributed by atoms with E-state index in [0.717, 1.165) is 22.7 Å². The van der Waals surface area contributed by atoms with Crippen molar-refractivity contribution in [1.29, 1.82) is 0 Å². The van der Waals surface area contributed by atoms with E-state index in [4.69, 9.17) is 5.11 Å². The van der Waals surface area contributed by atoms with Gasteiger partial charge >= 0.3 is 5.97 Å². The quantitative estimate of drug-likeness (QED) is 0.765. The maximum atomic E-state index is 12.2. The Morgan fingerprint density at radius 3 is 2.55 bits per heavy atom. The van der Waals surface area contributed by atoms with E-state index in [1.807, 2.05) is 0 Å². The Kier molecular flexibility index (Phi) is 4.72. The molecule has 0 aliphatic heterocycles. The van der Waals surface area contributed by atoms with Crippen molar-refractivity contribution in [2.24, 2.45) is 5.92 Å². The van der Waals surface area contributed by atoms with Crippen molar-refractivity contribution in [3.05, 3.63) is 30.1 Å². The molecule has 0 amide bonds. The van der Waals surface area contributed by atoms with Crippen LogP contribution in [0.3, 0.4) is 0 Å². The highest BCUT2D eigenvalue weighted by Gasteiger charge is 2.31. The number of pyridine rings is 1. The molecule has 0 unspecified atom stereocenters. The molecule has 1 aliphatic carbocycles. The summed E-state index contributed by atoms with van der Waals surface area (Å²) in [5, 5.41) is 8.85. The third-order valence-corrected chi connectivity index (χ3v) is 5.05. The lowest BCUT2D eigenvalue weighted by Gasteiger charge is -2.20. The fraction of sp³-hybridized carbons (Fsp3) is 0.538. The van der Waals surface area contributed by atoms with E-state index in [2.05, 4.69) is 4.98 Å². The van der Waals surface area contributed by atoms with E-state index in [9.17, 15) is 13.2 Å². The summed E-state index contributed by atoms with van der Waals surface area (Å²) in [7, 11) is -3.54. The highest BCUT2D eigenvalue weighted by Crippen LogP contribution is 2.30. The van der Waals surface area contributed by atoms with Gasteiger partial charge in [-0.1, -0.05) is 0 Å². The van der Waals surface area contributed by atoms with Gasteiger partial charge in [0, 0.05) is 18.9 Å². The maximum absolute atomic E-state index is 12.2. The first-order valence-electron chi connectivity index (χ1n) is 6.56. The molecule has 7 heteroatoms. The number of carbonyl (C=O) groups is 1. The van der Waals surface area contributed by atoms with Crippen LogP contribution >= 0.6 is 0 Å². The van der Waals surface area contributed by atoms with Gasteiger partial charge < -0.3 is 5.11 Å². The Morgan fingerprint density at radius 1 is 1.35 bits per heavy atom. The molecule has 0 atom stereocenters. The van der Waals surface area contributed by atoms with Gasteiger partial charge in [-0.25, -0.2) is 8.42 Å². The monoisotopic (exact) mass is 298 g/mol. The molecule has 110 valence electrons. The van der Waals surface area contributed by atoms with Crippen LogP contribution < -0.4 is 0 Å². The summed E-state index contributed by atoms with van der Waals surface area (Å²) in [6.45, 7) is -0.125. The molecular formula is C13H18N2O4S. The lowest BCUT2D eigenvalue weighted by molar-refractivity contribution is -0.137. The molecule has 6 nitrogen and oxygen atoms in total. The van der Waals surface area contributed by atoms with Gasteiger partial charge in [0.2, 0.25) is 10.0 Å². The highest BCUT2D eigenvalue weighted by atomic mass is 32.2. The Labute approximate surface area is 118 Å². The summed E-state index contributed by atoms with van der Waals surface area (Å²) in [4.78, 5) is 14.7. The molecule has 1 fully saturated rings. The number of nitrogens with zero attached hydrogens (tertiary/aromatic N) is 2. The van der Waals surface area contributed by atoms with Crippen molar-refractivity contribution in [2.45, 2.75) is 19.3 Å². The van der Waals surface area contributed by atoms with Crippen LogP contribution in [0.15, 0.2) is 24.5 Å². The van der Waals surface area contributed by atoms with Crippen LogP contribution in [0, 0.1) is 5.92 Å². The average Bonchev–Trinajstić information content (AvgIpc) is 3.20. The molecule has 1 aliphatic rings. The molecule has 0 spiro atoms. The second-order valence-electron chi connectivity index (χ2n) is 5.05. The number of aryl methyl sites for hydroxylation is 1. The van der Waals surface area contributed by atoms with Gasteiger partial charge in [0.15, 0.2) is 0 Å². The predicted molar refractivity (Wildman–Crippen MR) is 73.7 cm³/mol. The lowest BCUT2D eigenvalue weighted by atomic mass is 10.2. The molecule has 1 saturated carbocycles. The van der Waals surface area contributed by atoms with Gasteiger partial charge in [-0.15, -0.1) is 0 Å². The fourth-order valence-corrected chi connectivity index (χ4v) is 3.44.